The topological polar surface area (TPSA) is 43.7 Å². The average Bonchev–Trinajstić information content (AvgIpc) is 2.48. The van der Waals surface area contributed by atoms with E-state index in [0.717, 1.165) is 26.1 Å². The van der Waals surface area contributed by atoms with Crippen LogP contribution in [0.3, 0.4) is 0 Å². The molecule has 2 N–H and O–H groups in total. The van der Waals surface area contributed by atoms with Gasteiger partial charge in [-0.3, -0.25) is 0 Å². The second-order valence-corrected chi connectivity index (χ2v) is 6.55. The highest BCUT2D eigenvalue weighted by molar-refractivity contribution is 6.42. The molecule has 1 aromatic rings. The van der Waals surface area contributed by atoms with Gasteiger partial charge >= 0.3 is 0 Å². The lowest BCUT2D eigenvalue weighted by atomic mass is 9.95. The normalized spacial score (nSPS) is 21.4. The van der Waals surface area contributed by atoms with Gasteiger partial charge in [-0.2, -0.15) is 0 Å². The highest BCUT2D eigenvalue weighted by Crippen LogP contribution is 2.31. The minimum atomic E-state index is -0.589. The van der Waals surface area contributed by atoms with Gasteiger partial charge in [0.15, 0.2) is 0 Å². The Kier molecular flexibility index (Phi) is 6.77. The van der Waals surface area contributed by atoms with Crippen LogP contribution in [-0.2, 0) is 0 Å². The van der Waals surface area contributed by atoms with Crippen molar-refractivity contribution in [2.75, 3.05) is 26.2 Å². The molecule has 5 heteroatoms. The van der Waals surface area contributed by atoms with Crippen LogP contribution in [0.1, 0.15) is 37.4 Å². The summed E-state index contributed by atoms with van der Waals surface area (Å²) in [7, 11) is 0. The van der Waals surface area contributed by atoms with E-state index in [0.29, 0.717) is 27.9 Å². The van der Waals surface area contributed by atoms with Gasteiger partial charge in [0.25, 0.3) is 0 Å². The average molecular weight is 332 g/mol. The summed E-state index contributed by atoms with van der Waals surface area (Å²) in [6.45, 7) is 3.18. The van der Waals surface area contributed by atoms with Crippen molar-refractivity contribution in [2.45, 2.75) is 31.8 Å². The molecule has 2 unspecified atom stereocenters. The van der Waals surface area contributed by atoms with E-state index in [1.165, 1.54) is 12.8 Å². The van der Waals surface area contributed by atoms with E-state index in [9.17, 15) is 5.11 Å². The molecule has 21 heavy (non-hydrogen) atoms. The Balaban J connectivity index is 1.86. The van der Waals surface area contributed by atoms with E-state index in [-0.39, 0.29) is 6.61 Å². The molecule has 1 aliphatic rings. The Morgan fingerprint density at radius 2 is 2.14 bits per heavy atom. The summed E-state index contributed by atoms with van der Waals surface area (Å²) in [5, 5.41) is 20.3. The zero-order valence-electron chi connectivity index (χ0n) is 12.1. The molecule has 2 atom stereocenters. The molecule has 1 aromatic carbocycles. The van der Waals surface area contributed by atoms with Crippen LogP contribution in [0.25, 0.3) is 0 Å². The Morgan fingerprint density at radius 1 is 1.33 bits per heavy atom. The number of aliphatic hydroxyl groups excluding tert-OH is 2. The van der Waals surface area contributed by atoms with Crippen LogP contribution in [-0.4, -0.2) is 41.4 Å². The number of hydrogen-bond donors (Lipinski definition) is 2. The number of likely N-dealkylation sites (tertiary alicyclic amines) is 1. The van der Waals surface area contributed by atoms with Gasteiger partial charge in [0.1, 0.15) is 0 Å². The molecule has 0 amide bonds. The third-order valence-electron chi connectivity index (χ3n) is 4.20. The van der Waals surface area contributed by atoms with Crippen LogP contribution in [0.15, 0.2) is 18.2 Å². The first-order chi connectivity index (χ1) is 10.1. The Morgan fingerprint density at radius 3 is 2.90 bits per heavy atom. The summed E-state index contributed by atoms with van der Waals surface area (Å²) in [4.78, 5) is 2.37. The summed E-state index contributed by atoms with van der Waals surface area (Å²) in [5.74, 6) is 0.579. The molecule has 1 fully saturated rings. The maximum absolute atomic E-state index is 10.3. The molecule has 3 nitrogen and oxygen atoms in total. The lowest BCUT2D eigenvalue weighted by molar-refractivity contribution is 0.110. The van der Waals surface area contributed by atoms with Crippen LogP contribution in [0.2, 0.25) is 10.0 Å². The monoisotopic (exact) mass is 331 g/mol. The van der Waals surface area contributed by atoms with Crippen molar-refractivity contribution < 1.29 is 10.2 Å². The zero-order chi connectivity index (χ0) is 15.2. The second kappa shape index (κ2) is 8.35. The fraction of sp³-hybridized carbons (Fsp3) is 0.625. The number of hydrogen-bond acceptors (Lipinski definition) is 3. The molecule has 1 aliphatic heterocycles. The van der Waals surface area contributed by atoms with Crippen LogP contribution in [0, 0.1) is 5.92 Å². The summed E-state index contributed by atoms with van der Waals surface area (Å²) in [6.07, 6.45) is 3.29. The van der Waals surface area contributed by atoms with E-state index < -0.39 is 6.10 Å². The first-order valence-corrected chi connectivity index (χ1v) is 8.32. The van der Waals surface area contributed by atoms with Gasteiger partial charge in [-0.1, -0.05) is 35.3 Å². The van der Waals surface area contributed by atoms with Gasteiger partial charge in [-0.05, 0) is 44.2 Å². The first-order valence-electron chi connectivity index (χ1n) is 7.57. The second-order valence-electron chi connectivity index (χ2n) is 5.77. The van der Waals surface area contributed by atoms with E-state index >= 15 is 0 Å². The minimum Gasteiger partial charge on any atom is -0.396 e. The van der Waals surface area contributed by atoms with Crippen LogP contribution in [0.5, 0.6) is 0 Å². The molecule has 0 saturated carbocycles. The molecule has 1 saturated heterocycles. The lowest BCUT2D eigenvalue weighted by Crippen LogP contribution is -2.36. The molecule has 0 radical (unpaired) electrons. The van der Waals surface area contributed by atoms with Crippen molar-refractivity contribution in [1.82, 2.24) is 4.90 Å². The maximum atomic E-state index is 10.3. The van der Waals surface area contributed by atoms with Crippen molar-refractivity contribution in [2.24, 2.45) is 5.92 Å². The van der Waals surface area contributed by atoms with E-state index in [1.54, 1.807) is 6.07 Å². The maximum Gasteiger partial charge on any atom is 0.0817 e. The van der Waals surface area contributed by atoms with E-state index in [4.69, 9.17) is 28.3 Å². The number of aliphatic hydroxyl groups is 2. The van der Waals surface area contributed by atoms with Gasteiger partial charge in [-0.15, -0.1) is 0 Å². The van der Waals surface area contributed by atoms with Gasteiger partial charge in [0, 0.05) is 25.3 Å². The highest BCUT2D eigenvalue weighted by Gasteiger charge is 2.21. The Hall–Kier alpha value is -0.320. The number of halogens is 2. The third-order valence-corrected chi connectivity index (χ3v) is 5.03. The lowest BCUT2D eigenvalue weighted by Gasteiger charge is -2.33. The van der Waals surface area contributed by atoms with Gasteiger partial charge in [0.2, 0.25) is 0 Å². The molecule has 1 heterocycles. The predicted molar refractivity (Wildman–Crippen MR) is 86.9 cm³/mol. The fourth-order valence-corrected chi connectivity index (χ4v) is 3.44. The third kappa shape index (κ3) is 4.83. The zero-order valence-corrected chi connectivity index (χ0v) is 13.7. The van der Waals surface area contributed by atoms with Crippen molar-refractivity contribution in [3.05, 3.63) is 33.8 Å². The van der Waals surface area contributed by atoms with E-state index in [1.807, 2.05) is 12.1 Å². The number of nitrogens with zero attached hydrogens (tertiary/aromatic N) is 1. The van der Waals surface area contributed by atoms with Crippen LogP contribution < -0.4 is 0 Å². The minimum absolute atomic E-state index is 0.263. The molecule has 0 spiro atoms. The molecular weight excluding hydrogens is 309 g/mol. The Labute approximate surface area is 136 Å². The number of rotatable bonds is 6. The standard InChI is InChI=1S/C16H23Cl2NO2/c17-14-5-1-4-13(16(14)18)15(21)6-9-19-8-2-3-12(11-19)7-10-20/h1,4-5,12,15,20-21H,2-3,6-11H2. The molecule has 0 bridgehead atoms. The summed E-state index contributed by atoms with van der Waals surface area (Å²) in [5.41, 5.74) is 0.702. The first kappa shape index (κ1) is 17.0. The summed E-state index contributed by atoms with van der Waals surface area (Å²) < 4.78 is 0. The van der Waals surface area contributed by atoms with E-state index in [2.05, 4.69) is 4.90 Å². The van der Waals surface area contributed by atoms with Crippen molar-refractivity contribution in [3.8, 4) is 0 Å². The largest absolute Gasteiger partial charge is 0.396 e. The number of benzene rings is 1. The molecule has 2 rings (SSSR count). The SMILES string of the molecule is OCCC1CCCN(CCC(O)c2cccc(Cl)c2Cl)C1. The molecular formula is C16H23Cl2NO2. The molecule has 0 aromatic heterocycles. The smallest absolute Gasteiger partial charge is 0.0817 e. The fourth-order valence-electron chi connectivity index (χ4n) is 3.01. The van der Waals surface area contributed by atoms with Crippen LogP contribution in [0.4, 0.5) is 0 Å². The van der Waals surface area contributed by atoms with Crippen LogP contribution >= 0.6 is 23.2 Å². The quantitative estimate of drug-likeness (QED) is 0.838. The van der Waals surface area contributed by atoms with Gasteiger partial charge in [0.05, 0.1) is 16.1 Å². The number of piperidine rings is 1. The van der Waals surface area contributed by atoms with Gasteiger partial charge in [-0.25, -0.2) is 0 Å². The van der Waals surface area contributed by atoms with Crippen molar-refractivity contribution in [1.29, 1.82) is 0 Å². The Bertz CT molecular complexity index is 454. The molecule has 0 aliphatic carbocycles. The summed E-state index contributed by atoms with van der Waals surface area (Å²) >= 11 is 12.1. The highest BCUT2D eigenvalue weighted by atomic mass is 35.5. The molecule has 118 valence electrons. The van der Waals surface area contributed by atoms with Crippen molar-refractivity contribution >= 4 is 23.2 Å². The predicted octanol–water partition coefficient (Wildman–Crippen LogP) is 3.51. The summed E-state index contributed by atoms with van der Waals surface area (Å²) in [6, 6.07) is 5.36. The van der Waals surface area contributed by atoms with Crippen molar-refractivity contribution in [3.63, 3.8) is 0 Å². The van der Waals surface area contributed by atoms with Gasteiger partial charge < -0.3 is 15.1 Å².